The van der Waals surface area contributed by atoms with E-state index in [-0.39, 0.29) is 0 Å². The van der Waals surface area contributed by atoms with Crippen LogP contribution in [-0.4, -0.2) is 58.7 Å². The number of halogens is 1. The quantitative estimate of drug-likeness (QED) is 0.568. The highest BCUT2D eigenvalue weighted by Crippen LogP contribution is 2.23. The molecular formula is C19H21ClN6. The molecule has 7 heteroatoms. The third-order valence-corrected chi connectivity index (χ3v) is 4.82. The number of hydrazone groups is 1. The molecule has 134 valence electrons. The Labute approximate surface area is 157 Å². The third kappa shape index (κ3) is 3.58. The van der Waals surface area contributed by atoms with Crippen molar-refractivity contribution in [1.29, 1.82) is 0 Å². The van der Waals surface area contributed by atoms with E-state index in [0.717, 1.165) is 48.8 Å². The molecule has 0 aliphatic carbocycles. The van der Waals surface area contributed by atoms with Gasteiger partial charge in [0.05, 0.1) is 11.7 Å². The van der Waals surface area contributed by atoms with Gasteiger partial charge in [-0.15, -0.1) is 0 Å². The monoisotopic (exact) mass is 368 g/mol. The lowest BCUT2D eigenvalue weighted by atomic mass is 10.2. The Hall–Kier alpha value is -2.41. The molecular weight excluding hydrogens is 348 g/mol. The van der Waals surface area contributed by atoms with Gasteiger partial charge in [0.15, 0.2) is 0 Å². The smallest absolute Gasteiger partial charge is 0.145 e. The number of hydrogen-bond donors (Lipinski definition) is 1. The average Bonchev–Trinajstić information content (AvgIpc) is 3.03. The molecule has 1 fully saturated rings. The molecule has 0 atom stereocenters. The van der Waals surface area contributed by atoms with Gasteiger partial charge in [0.25, 0.3) is 0 Å². The van der Waals surface area contributed by atoms with Crippen LogP contribution < -0.4 is 5.53 Å². The molecule has 1 aromatic carbocycles. The summed E-state index contributed by atoms with van der Waals surface area (Å²) in [5, 5.41) is 7.23. The maximum Gasteiger partial charge on any atom is 0.145 e. The predicted octanol–water partition coefficient (Wildman–Crippen LogP) is 2.74. The zero-order valence-corrected chi connectivity index (χ0v) is 15.4. The summed E-state index contributed by atoms with van der Waals surface area (Å²) >= 11 is 6.01. The number of hydrazine groups is 1. The lowest BCUT2D eigenvalue weighted by Crippen LogP contribution is -2.49. The van der Waals surface area contributed by atoms with Gasteiger partial charge in [-0.25, -0.2) is 15.5 Å². The van der Waals surface area contributed by atoms with E-state index in [4.69, 9.17) is 16.6 Å². The molecule has 0 spiro atoms. The van der Waals surface area contributed by atoms with E-state index in [1.165, 1.54) is 0 Å². The minimum absolute atomic E-state index is 0.716. The summed E-state index contributed by atoms with van der Waals surface area (Å²) in [6, 6.07) is 13.8. The second-order valence-electron chi connectivity index (χ2n) is 6.43. The highest BCUT2D eigenvalue weighted by Gasteiger charge is 2.13. The van der Waals surface area contributed by atoms with Gasteiger partial charge in [-0.1, -0.05) is 17.7 Å². The van der Waals surface area contributed by atoms with Crippen LogP contribution in [0.2, 0.25) is 5.02 Å². The van der Waals surface area contributed by atoms with Crippen molar-refractivity contribution < 1.29 is 0 Å². The van der Waals surface area contributed by atoms with Crippen LogP contribution in [0.3, 0.4) is 0 Å². The minimum atomic E-state index is 0.716. The molecule has 4 rings (SSSR count). The molecule has 3 aromatic rings. The maximum atomic E-state index is 6.01. The summed E-state index contributed by atoms with van der Waals surface area (Å²) in [6.07, 6.45) is 3.80. The van der Waals surface area contributed by atoms with Gasteiger partial charge in [-0.3, -0.25) is 4.40 Å². The summed E-state index contributed by atoms with van der Waals surface area (Å²) < 4.78 is 2.07. The van der Waals surface area contributed by atoms with E-state index in [2.05, 4.69) is 32.0 Å². The van der Waals surface area contributed by atoms with Crippen molar-refractivity contribution in [2.45, 2.75) is 0 Å². The molecule has 1 N–H and O–H groups in total. The number of aromatic nitrogens is 2. The summed E-state index contributed by atoms with van der Waals surface area (Å²) in [4.78, 5) is 7.10. The van der Waals surface area contributed by atoms with Gasteiger partial charge in [0, 0.05) is 43.0 Å². The highest BCUT2D eigenvalue weighted by molar-refractivity contribution is 6.30. The Morgan fingerprint density at radius 2 is 1.85 bits per heavy atom. The molecule has 1 aliphatic rings. The number of rotatable bonds is 4. The van der Waals surface area contributed by atoms with Crippen molar-refractivity contribution in [2.75, 3.05) is 33.2 Å². The number of fused-ring (bicyclic) bond motifs is 1. The minimum Gasteiger partial charge on any atom is -0.304 e. The Kier molecular flexibility index (Phi) is 4.88. The first kappa shape index (κ1) is 17.0. The van der Waals surface area contributed by atoms with E-state index in [1.54, 1.807) is 6.21 Å². The van der Waals surface area contributed by atoms with Crippen LogP contribution >= 0.6 is 11.6 Å². The predicted molar refractivity (Wildman–Crippen MR) is 105 cm³/mol. The van der Waals surface area contributed by atoms with Gasteiger partial charge >= 0.3 is 0 Å². The van der Waals surface area contributed by atoms with Crippen molar-refractivity contribution in [3.8, 4) is 11.4 Å². The maximum absolute atomic E-state index is 6.01. The molecule has 0 radical (unpaired) electrons. The lowest BCUT2D eigenvalue weighted by molar-refractivity contribution is 0.107. The Balaban J connectivity index is 1.59. The van der Waals surface area contributed by atoms with Crippen LogP contribution in [-0.2, 0) is 0 Å². The van der Waals surface area contributed by atoms with Gasteiger partial charge in [0.2, 0.25) is 0 Å². The zero-order valence-electron chi connectivity index (χ0n) is 14.6. The normalized spacial score (nSPS) is 16.5. The first-order valence-electron chi connectivity index (χ1n) is 8.66. The molecule has 0 amide bonds. The highest BCUT2D eigenvalue weighted by atomic mass is 35.5. The Morgan fingerprint density at radius 1 is 1.08 bits per heavy atom. The fourth-order valence-electron chi connectivity index (χ4n) is 3.04. The number of nitrogens with zero attached hydrogens (tertiary/aromatic N) is 5. The fraction of sp³-hybridized carbons (Fsp3) is 0.263. The van der Waals surface area contributed by atoms with Crippen molar-refractivity contribution in [1.82, 2.24) is 24.8 Å². The summed E-state index contributed by atoms with van der Waals surface area (Å²) in [7, 11) is 2.14. The third-order valence-electron chi connectivity index (χ3n) is 4.57. The first-order valence-corrected chi connectivity index (χ1v) is 9.04. The molecule has 3 heterocycles. The summed E-state index contributed by atoms with van der Waals surface area (Å²) in [5.41, 5.74) is 5.98. The van der Waals surface area contributed by atoms with E-state index < -0.39 is 0 Å². The number of hydrogen-bond acceptors (Lipinski definition) is 5. The van der Waals surface area contributed by atoms with Gasteiger partial charge in [-0.2, -0.15) is 5.10 Å². The average molecular weight is 369 g/mol. The zero-order chi connectivity index (χ0) is 17.9. The SMILES string of the molecule is CN1CCN(N/N=C/c2nc(-c3ccc(Cl)cc3)n3ccccc23)CC1. The first-order chi connectivity index (χ1) is 12.7. The topological polar surface area (TPSA) is 48.2 Å². The standard InChI is InChI=1S/C19H21ClN6/c1-24-10-12-25(13-11-24)23-21-14-17-18-4-2-3-9-26(18)19(22-17)15-5-7-16(20)8-6-15/h2-9,14,23H,10-13H2,1H3/b21-14+. The number of piperazine rings is 1. The number of nitrogens with one attached hydrogen (secondary N) is 1. The van der Waals surface area contributed by atoms with Gasteiger partial charge in [0.1, 0.15) is 11.5 Å². The molecule has 1 saturated heterocycles. The van der Waals surface area contributed by atoms with Crippen LogP contribution in [0.15, 0.2) is 53.8 Å². The van der Waals surface area contributed by atoms with E-state index >= 15 is 0 Å². The van der Waals surface area contributed by atoms with Gasteiger partial charge in [-0.05, 0) is 43.4 Å². The Bertz CT molecular complexity index is 909. The van der Waals surface area contributed by atoms with Gasteiger partial charge < -0.3 is 4.90 Å². The van der Waals surface area contributed by atoms with Crippen molar-refractivity contribution in [3.05, 3.63) is 59.4 Å². The van der Waals surface area contributed by atoms with E-state index in [9.17, 15) is 0 Å². The van der Waals surface area contributed by atoms with Crippen LogP contribution in [0.1, 0.15) is 5.69 Å². The van der Waals surface area contributed by atoms with Crippen molar-refractivity contribution >= 4 is 23.3 Å². The summed E-state index contributed by atoms with van der Waals surface area (Å²) in [5.74, 6) is 0.873. The van der Waals surface area contributed by atoms with E-state index in [1.807, 2.05) is 48.7 Å². The molecule has 6 nitrogen and oxygen atoms in total. The largest absolute Gasteiger partial charge is 0.304 e. The lowest BCUT2D eigenvalue weighted by Gasteiger charge is -2.31. The fourth-order valence-corrected chi connectivity index (χ4v) is 3.16. The molecule has 26 heavy (non-hydrogen) atoms. The number of benzene rings is 1. The van der Waals surface area contributed by atoms with Crippen molar-refractivity contribution in [3.63, 3.8) is 0 Å². The second kappa shape index (κ2) is 7.45. The number of imidazole rings is 1. The number of pyridine rings is 1. The number of likely N-dealkylation sites (N-methyl/N-ethyl adjacent to an activating group) is 1. The van der Waals surface area contributed by atoms with Crippen LogP contribution in [0.25, 0.3) is 16.9 Å². The molecule has 0 saturated carbocycles. The molecule has 1 aliphatic heterocycles. The van der Waals surface area contributed by atoms with Crippen molar-refractivity contribution in [2.24, 2.45) is 5.10 Å². The van der Waals surface area contributed by atoms with Crippen LogP contribution in [0.4, 0.5) is 0 Å². The Morgan fingerprint density at radius 3 is 2.62 bits per heavy atom. The second-order valence-corrected chi connectivity index (χ2v) is 6.87. The molecule has 0 unspecified atom stereocenters. The molecule has 2 aromatic heterocycles. The summed E-state index contributed by atoms with van der Waals surface area (Å²) in [6.45, 7) is 3.98. The van der Waals surface area contributed by atoms with Crippen LogP contribution in [0, 0.1) is 0 Å². The van der Waals surface area contributed by atoms with Crippen LogP contribution in [0.5, 0.6) is 0 Å². The molecule has 0 bridgehead atoms. The van der Waals surface area contributed by atoms with E-state index in [0.29, 0.717) is 5.02 Å².